The van der Waals surface area contributed by atoms with Crippen LogP contribution < -0.4 is 16.6 Å². The zero-order valence-electron chi connectivity index (χ0n) is 11.7. The Labute approximate surface area is 124 Å². The number of nitrogens with two attached hydrogens (primary N) is 1. The number of hydrogen-bond acceptors (Lipinski definition) is 4. The molecule has 0 bridgehead atoms. The lowest BCUT2D eigenvalue weighted by Crippen LogP contribution is -2.34. The molecule has 1 aliphatic rings. The van der Waals surface area contributed by atoms with E-state index in [4.69, 9.17) is 17.4 Å². The zero-order chi connectivity index (χ0) is 14.5. The van der Waals surface area contributed by atoms with Crippen LogP contribution in [0.2, 0.25) is 5.02 Å². The predicted molar refractivity (Wildman–Crippen MR) is 80.6 cm³/mol. The molecule has 0 aromatic carbocycles. The van der Waals surface area contributed by atoms with Crippen molar-refractivity contribution < 1.29 is 4.79 Å². The standard InChI is InChI=1S/C14H21ClN4O/c1-9-3-2-4-11(6-5-9)18-14(20)10-7-12(15)13(19-16)17-8-10/h7-9,11H,2-6,16H2,1H3,(H,17,19)(H,18,20). The lowest BCUT2D eigenvalue weighted by molar-refractivity contribution is 0.0933. The van der Waals surface area contributed by atoms with Crippen LogP contribution in [0.4, 0.5) is 5.82 Å². The fourth-order valence-electron chi connectivity index (χ4n) is 2.57. The van der Waals surface area contributed by atoms with Gasteiger partial charge in [0.15, 0.2) is 5.82 Å². The number of nitrogens with one attached hydrogen (secondary N) is 2. The molecule has 1 saturated carbocycles. The molecule has 4 N–H and O–H groups in total. The van der Waals surface area contributed by atoms with E-state index in [1.165, 1.54) is 25.5 Å². The van der Waals surface area contributed by atoms with E-state index in [9.17, 15) is 4.79 Å². The molecule has 1 aromatic heterocycles. The third-order valence-corrected chi connectivity index (χ3v) is 4.12. The number of aromatic nitrogens is 1. The van der Waals surface area contributed by atoms with Gasteiger partial charge in [-0.05, 0) is 31.2 Å². The number of carbonyl (C=O) groups excluding carboxylic acids is 1. The minimum Gasteiger partial charge on any atom is -0.349 e. The summed E-state index contributed by atoms with van der Waals surface area (Å²) in [4.78, 5) is 16.2. The van der Waals surface area contributed by atoms with Crippen molar-refractivity contribution in [3.63, 3.8) is 0 Å². The van der Waals surface area contributed by atoms with E-state index in [1.54, 1.807) is 6.07 Å². The first-order chi connectivity index (χ1) is 9.60. The van der Waals surface area contributed by atoms with Crippen molar-refractivity contribution in [1.29, 1.82) is 0 Å². The van der Waals surface area contributed by atoms with Gasteiger partial charge in [-0.25, -0.2) is 10.8 Å². The normalized spacial score (nSPS) is 22.9. The molecular weight excluding hydrogens is 276 g/mol. The van der Waals surface area contributed by atoms with Gasteiger partial charge in [0.2, 0.25) is 0 Å². The SMILES string of the molecule is CC1CCCC(NC(=O)c2cnc(NN)c(Cl)c2)CC1. The van der Waals surface area contributed by atoms with E-state index < -0.39 is 0 Å². The van der Waals surface area contributed by atoms with E-state index in [1.807, 2.05) is 0 Å². The minimum absolute atomic E-state index is 0.123. The largest absolute Gasteiger partial charge is 0.349 e. The first-order valence-electron chi connectivity index (χ1n) is 7.03. The van der Waals surface area contributed by atoms with Crippen molar-refractivity contribution in [1.82, 2.24) is 10.3 Å². The summed E-state index contributed by atoms with van der Waals surface area (Å²) in [6.07, 6.45) is 7.14. The number of carbonyl (C=O) groups is 1. The van der Waals surface area contributed by atoms with Crippen molar-refractivity contribution in [2.75, 3.05) is 5.43 Å². The topological polar surface area (TPSA) is 80.0 Å². The molecule has 20 heavy (non-hydrogen) atoms. The van der Waals surface area contributed by atoms with Crippen LogP contribution in [0.3, 0.4) is 0 Å². The fourth-order valence-corrected chi connectivity index (χ4v) is 2.79. The van der Waals surface area contributed by atoms with Crippen molar-refractivity contribution in [2.45, 2.75) is 45.1 Å². The lowest BCUT2D eigenvalue weighted by Gasteiger charge is -2.16. The summed E-state index contributed by atoms with van der Waals surface area (Å²) in [5.41, 5.74) is 2.85. The van der Waals surface area contributed by atoms with Crippen LogP contribution in [0.25, 0.3) is 0 Å². The first kappa shape index (κ1) is 15.1. The van der Waals surface area contributed by atoms with Crippen LogP contribution in [0.15, 0.2) is 12.3 Å². The number of anilines is 1. The molecular formula is C14H21ClN4O. The molecule has 1 heterocycles. The van der Waals surface area contributed by atoms with Crippen LogP contribution in [-0.4, -0.2) is 16.9 Å². The lowest BCUT2D eigenvalue weighted by atomic mass is 10.0. The number of rotatable bonds is 3. The summed E-state index contributed by atoms with van der Waals surface area (Å²) in [5, 5.41) is 3.41. The van der Waals surface area contributed by atoms with E-state index in [0.29, 0.717) is 16.4 Å². The number of nitrogens with zero attached hydrogens (tertiary/aromatic N) is 1. The molecule has 0 aliphatic heterocycles. The summed E-state index contributed by atoms with van der Waals surface area (Å²) in [7, 11) is 0. The maximum Gasteiger partial charge on any atom is 0.253 e. The van der Waals surface area contributed by atoms with Gasteiger partial charge < -0.3 is 10.7 Å². The second-order valence-electron chi connectivity index (χ2n) is 5.48. The third kappa shape index (κ3) is 3.84. The highest BCUT2D eigenvalue weighted by molar-refractivity contribution is 6.33. The maximum absolute atomic E-state index is 12.2. The van der Waals surface area contributed by atoms with Gasteiger partial charge in [-0.15, -0.1) is 0 Å². The Hall–Kier alpha value is -1.33. The second kappa shape index (κ2) is 6.90. The average molecular weight is 297 g/mol. The molecule has 1 aliphatic carbocycles. The Bertz CT molecular complexity index is 480. The van der Waals surface area contributed by atoms with E-state index in [-0.39, 0.29) is 11.9 Å². The number of pyridine rings is 1. The summed E-state index contributed by atoms with van der Waals surface area (Å²) >= 11 is 5.98. The molecule has 0 saturated heterocycles. The Morgan fingerprint density at radius 3 is 2.90 bits per heavy atom. The minimum atomic E-state index is -0.123. The van der Waals surface area contributed by atoms with Crippen LogP contribution in [-0.2, 0) is 0 Å². The average Bonchev–Trinajstić information content (AvgIpc) is 2.63. The van der Waals surface area contributed by atoms with Crippen LogP contribution in [0.5, 0.6) is 0 Å². The maximum atomic E-state index is 12.2. The number of nitrogen functional groups attached to an aromatic ring is 1. The van der Waals surface area contributed by atoms with E-state index in [2.05, 4.69) is 22.7 Å². The molecule has 0 spiro atoms. The van der Waals surface area contributed by atoms with Crippen LogP contribution >= 0.6 is 11.6 Å². The van der Waals surface area contributed by atoms with Crippen LogP contribution in [0.1, 0.15) is 49.4 Å². The Balaban J connectivity index is 1.99. The summed E-state index contributed by atoms with van der Waals surface area (Å²) < 4.78 is 0. The molecule has 2 rings (SSSR count). The molecule has 0 radical (unpaired) electrons. The molecule has 1 fully saturated rings. The predicted octanol–water partition coefficient (Wildman–Crippen LogP) is 2.72. The molecule has 2 unspecified atom stereocenters. The quantitative estimate of drug-likeness (QED) is 0.455. The van der Waals surface area contributed by atoms with Gasteiger partial charge >= 0.3 is 0 Å². The van der Waals surface area contributed by atoms with E-state index in [0.717, 1.165) is 18.8 Å². The Kier molecular flexibility index (Phi) is 5.20. The third-order valence-electron chi connectivity index (χ3n) is 3.83. The fraction of sp³-hybridized carbons (Fsp3) is 0.571. The highest BCUT2D eigenvalue weighted by Crippen LogP contribution is 2.23. The van der Waals surface area contributed by atoms with Gasteiger partial charge in [-0.1, -0.05) is 31.4 Å². The van der Waals surface area contributed by atoms with Crippen molar-refractivity contribution in [2.24, 2.45) is 11.8 Å². The van der Waals surface area contributed by atoms with Gasteiger partial charge in [-0.2, -0.15) is 0 Å². The highest BCUT2D eigenvalue weighted by Gasteiger charge is 2.19. The Morgan fingerprint density at radius 1 is 1.40 bits per heavy atom. The number of halogens is 1. The molecule has 1 amide bonds. The first-order valence-corrected chi connectivity index (χ1v) is 7.41. The van der Waals surface area contributed by atoms with Crippen molar-refractivity contribution in [3.8, 4) is 0 Å². The molecule has 1 aromatic rings. The molecule has 5 nitrogen and oxygen atoms in total. The van der Waals surface area contributed by atoms with Crippen LogP contribution in [0, 0.1) is 5.92 Å². The van der Waals surface area contributed by atoms with Gasteiger partial charge in [0.05, 0.1) is 10.6 Å². The Morgan fingerprint density at radius 2 is 2.20 bits per heavy atom. The summed E-state index contributed by atoms with van der Waals surface area (Å²) in [5.74, 6) is 6.26. The van der Waals surface area contributed by atoms with E-state index >= 15 is 0 Å². The zero-order valence-corrected chi connectivity index (χ0v) is 12.4. The highest BCUT2D eigenvalue weighted by atomic mass is 35.5. The second-order valence-corrected chi connectivity index (χ2v) is 5.89. The summed E-state index contributed by atoms with van der Waals surface area (Å²) in [6.45, 7) is 2.27. The van der Waals surface area contributed by atoms with Gasteiger partial charge in [0.1, 0.15) is 0 Å². The summed E-state index contributed by atoms with van der Waals surface area (Å²) in [6, 6.07) is 1.83. The smallest absolute Gasteiger partial charge is 0.253 e. The monoisotopic (exact) mass is 296 g/mol. The van der Waals surface area contributed by atoms with Crippen molar-refractivity contribution >= 4 is 23.3 Å². The molecule has 110 valence electrons. The van der Waals surface area contributed by atoms with Crippen molar-refractivity contribution in [3.05, 3.63) is 22.8 Å². The van der Waals surface area contributed by atoms with Gasteiger partial charge in [-0.3, -0.25) is 4.79 Å². The van der Waals surface area contributed by atoms with Gasteiger partial charge in [0, 0.05) is 12.2 Å². The van der Waals surface area contributed by atoms with Gasteiger partial charge in [0.25, 0.3) is 5.91 Å². The number of hydrazine groups is 1. The molecule has 6 heteroatoms. The molecule has 2 atom stereocenters. The number of amides is 1. The number of hydrogen-bond donors (Lipinski definition) is 3.